The molecule has 2 aromatic rings. The summed E-state index contributed by atoms with van der Waals surface area (Å²) in [6.45, 7) is -0.507. The molecule has 0 unspecified atom stereocenters. The molecule has 23 heavy (non-hydrogen) atoms. The average molecular weight is 321 g/mol. The van der Waals surface area contributed by atoms with Crippen LogP contribution in [0.2, 0.25) is 0 Å². The van der Waals surface area contributed by atoms with Gasteiger partial charge in [0.2, 0.25) is 6.29 Å². The van der Waals surface area contributed by atoms with Crippen molar-refractivity contribution in [2.75, 3.05) is 12.3 Å². The minimum absolute atomic E-state index is 0.416. The second-order valence-corrected chi connectivity index (χ2v) is 5.51. The first-order valence-corrected chi connectivity index (χ1v) is 7.27. The van der Waals surface area contributed by atoms with E-state index in [0.717, 1.165) is 10.8 Å². The van der Waals surface area contributed by atoms with Gasteiger partial charge in [-0.3, -0.25) is 0 Å². The first kappa shape index (κ1) is 16.0. The SMILES string of the molecule is Nc1ccc(O[C@@H]2O[C@H](CO)[C@H](O)[C@H](O)[C@H]2O)c2ccccc12. The Labute approximate surface area is 132 Å². The van der Waals surface area contributed by atoms with Gasteiger partial charge in [0.25, 0.3) is 0 Å². The molecule has 5 atom stereocenters. The summed E-state index contributed by atoms with van der Waals surface area (Å²) in [6.07, 6.45) is -6.59. The maximum absolute atomic E-state index is 10.0. The molecule has 1 heterocycles. The zero-order valence-corrected chi connectivity index (χ0v) is 12.2. The van der Waals surface area contributed by atoms with Gasteiger partial charge in [0.15, 0.2) is 0 Å². The van der Waals surface area contributed by atoms with Crippen molar-refractivity contribution in [3.63, 3.8) is 0 Å². The molecular formula is C16H19NO6. The van der Waals surface area contributed by atoms with Crippen LogP contribution in [-0.2, 0) is 4.74 Å². The molecule has 2 aromatic carbocycles. The van der Waals surface area contributed by atoms with E-state index in [0.29, 0.717) is 11.4 Å². The van der Waals surface area contributed by atoms with Crippen molar-refractivity contribution in [2.45, 2.75) is 30.7 Å². The molecule has 0 saturated carbocycles. The number of benzene rings is 2. The molecule has 0 amide bonds. The smallest absolute Gasteiger partial charge is 0.229 e. The van der Waals surface area contributed by atoms with Crippen molar-refractivity contribution in [3.05, 3.63) is 36.4 Å². The van der Waals surface area contributed by atoms with E-state index in [-0.39, 0.29) is 0 Å². The fourth-order valence-corrected chi connectivity index (χ4v) is 2.69. The van der Waals surface area contributed by atoms with Gasteiger partial charge in [0, 0.05) is 16.5 Å². The second-order valence-electron chi connectivity index (χ2n) is 5.51. The number of nitrogens with two attached hydrogens (primary N) is 1. The summed E-state index contributed by atoms with van der Waals surface area (Å²) < 4.78 is 11.0. The molecule has 0 bridgehead atoms. The van der Waals surface area contributed by atoms with Gasteiger partial charge in [-0.1, -0.05) is 24.3 Å². The Morgan fingerprint density at radius 3 is 2.35 bits per heavy atom. The lowest BCUT2D eigenvalue weighted by molar-refractivity contribution is -0.277. The number of ether oxygens (including phenoxy) is 2. The van der Waals surface area contributed by atoms with Gasteiger partial charge in [-0.2, -0.15) is 0 Å². The summed E-state index contributed by atoms with van der Waals surface area (Å²) in [5.74, 6) is 0.416. The minimum atomic E-state index is -1.48. The van der Waals surface area contributed by atoms with Gasteiger partial charge >= 0.3 is 0 Å². The van der Waals surface area contributed by atoms with Crippen LogP contribution in [0, 0.1) is 0 Å². The topological polar surface area (TPSA) is 125 Å². The highest BCUT2D eigenvalue weighted by atomic mass is 16.7. The van der Waals surface area contributed by atoms with Crippen LogP contribution in [0.25, 0.3) is 10.8 Å². The summed E-state index contributed by atoms with van der Waals surface area (Å²) in [6, 6.07) is 10.6. The van der Waals surface area contributed by atoms with E-state index in [2.05, 4.69) is 0 Å². The summed E-state index contributed by atoms with van der Waals surface area (Å²) in [7, 11) is 0. The van der Waals surface area contributed by atoms with Crippen molar-refractivity contribution >= 4 is 16.5 Å². The van der Waals surface area contributed by atoms with E-state index in [1.807, 2.05) is 24.3 Å². The molecule has 0 aliphatic carbocycles. The highest BCUT2D eigenvalue weighted by Gasteiger charge is 2.44. The van der Waals surface area contributed by atoms with Crippen LogP contribution in [0.4, 0.5) is 5.69 Å². The molecule has 6 N–H and O–H groups in total. The fourth-order valence-electron chi connectivity index (χ4n) is 2.69. The molecule has 0 radical (unpaired) electrons. The van der Waals surface area contributed by atoms with Crippen molar-refractivity contribution in [1.29, 1.82) is 0 Å². The molecule has 7 heteroatoms. The monoisotopic (exact) mass is 321 g/mol. The molecule has 0 spiro atoms. The lowest BCUT2D eigenvalue weighted by atomic mass is 9.99. The van der Waals surface area contributed by atoms with Crippen LogP contribution in [0.3, 0.4) is 0 Å². The Morgan fingerprint density at radius 2 is 1.65 bits per heavy atom. The quantitative estimate of drug-likeness (QED) is 0.487. The molecule has 1 aliphatic rings. The number of hydrogen-bond acceptors (Lipinski definition) is 7. The van der Waals surface area contributed by atoms with Crippen LogP contribution in [0.5, 0.6) is 5.75 Å². The van der Waals surface area contributed by atoms with Gasteiger partial charge < -0.3 is 35.6 Å². The maximum Gasteiger partial charge on any atom is 0.229 e. The Hall–Kier alpha value is -1.90. The first-order valence-electron chi connectivity index (χ1n) is 7.27. The molecular weight excluding hydrogens is 302 g/mol. The zero-order chi connectivity index (χ0) is 16.6. The third-order valence-corrected chi connectivity index (χ3v) is 4.01. The van der Waals surface area contributed by atoms with Crippen molar-refractivity contribution in [1.82, 2.24) is 0 Å². The second kappa shape index (κ2) is 6.31. The van der Waals surface area contributed by atoms with Crippen LogP contribution in [0.15, 0.2) is 36.4 Å². The molecule has 7 nitrogen and oxygen atoms in total. The maximum atomic E-state index is 10.0. The van der Waals surface area contributed by atoms with Gasteiger partial charge in [-0.25, -0.2) is 0 Å². The van der Waals surface area contributed by atoms with Crippen molar-refractivity contribution < 1.29 is 29.9 Å². The number of rotatable bonds is 3. The van der Waals surface area contributed by atoms with Gasteiger partial charge in [-0.15, -0.1) is 0 Å². The molecule has 0 aromatic heterocycles. The zero-order valence-electron chi connectivity index (χ0n) is 12.2. The van der Waals surface area contributed by atoms with Gasteiger partial charge in [-0.05, 0) is 12.1 Å². The van der Waals surface area contributed by atoms with E-state index < -0.39 is 37.3 Å². The standard InChI is InChI=1S/C16H19NO6/c17-10-5-6-11(9-4-2-1-3-8(9)10)22-16-15(21)14(20)13(19)12(7-18)23-16/h1-6,12-16,18-21H,7,17H2/t12-,13+,14+,15-,16-/m1/s1. The Bertz CT molecular complexity index is 691. The Morgan fingerprint density at radius 1 is 0.957 bits per heavy atom. The summed E-state index contributed by atoms with van der Waals surface area (Å²) in [5.41, 5.74) is 6.51. The Balaban J connectivity index is 1.91. The lowest BCUT2D eigenvalue weighted by Crippen LogP contribution is -2.60. The van der Waals surface area contributed by atoms with Gasteiger partial charge in [0.05, 0.1) is 6.61 Å². The van der Waals surface area contributed by atoms with Gasteiger partial charge in [0.1, 0.15) is 30.2 Å². The van der Waals surface area contributed by atoms with Crippen LogP contribution in [-0.4, -0.2) is 57.7 Å². The third-order valence-electron chi connectivity index (χ3n) is 4.01. The molecule has 1 aliphatic heterocycles. The van der Waals surface area contributed by atoms with E-state index in [4.69, 9.17) is 15.2 Å². The summed E-state index contributed by atoms with van der Waals surface area (Å²) in [5, 5.41) is 40.4. The average Bonchev–Trinajstić information content (AvgIpc) is 2.58. The molecule has 124 valence electrons. The van der Waals surface area contributed by atoms with Crippen molar-refractivity contribution in [3.8, 4) is 5.75 Å². The van der Waals surface area contributed by atoms with E-state index in [1.54, 1.807) is 12.1 Å². The van der Waals surface area contributed by atoms with Crippen LogP contribution < -0.4 is 10.5 Å². The number of aliphatic hydroxyl groups is 4. The predicted octanol–water partition coefficient (Wildman–Crippen LogP) is -0.399. The third kappa shape index (κ3) is 2.85. The lowest BCUT2D eigenvalue weighted by Gasteiger charge is -2.39. The highest BCUT2D eigenvalue weighted by molar-refractivity contribution is 5.96. The largest absolute Gasteiger partial charge is 0.461 e. The van der Waals surface area contributed by atoms with Crippen LogP contribution >= 0.6 is 0 Å². The molecule has 3 rings (SSSR count). The number of fused-ring (bicyclic) bond motifs is 1. The Kier molecular flexibility index (Phi) is 4.38. The van der Waals surface area contributed by atoms with E-state index in [1.165, 1.54) is 0 Å². The number of aliphatic hydroxyl groups excluding tert-OH is 4. The fraction of sp³-hybridized carbons (Fsp3) is 0.375. The van der Waals surface area contributed by atoms with E-state index in [9.17, 15) is 20.4 Å². The van der Waals surface area contributed by atoms with Crippen LogP contribution in [0.1, 0.15) is 0 Å². The first-order chi connectivity index (χ1) is 11.0. The normalized spacial score (nSPS) is 31.2. The van der Waals surface area contributed by atoms with Crippen molar-refractivity contribution in [2.24, 2.45) is 0 Å². The summed E-state index contributed by atoms with van der Waals surface area (Å²) in [4.78, 5) is 0. The highest BCUT2D eigenvalue weighted by Crippen LogP contribution is 2.32. The number of nitrogen functional groups attached to an aromatic ring is 1. The van der Waals surface area contributed by atoms with E-state index >= 15 is 0 Å². The number of anilines is 1. The number of hydrogen-bond donors (Lipinski definition) is 5. The minimum Gasteiger partial charge on any atom is -0.461 e. The predicted molar refractivity (Wildman–Crippen MR) is 82.8 cm³/mol. The molecule has 1 fully saturated rings. The summed E-state index contributed by atoms with van der Waals surface area (Å²) >= 11 is 0. The molecule has 1 saturated heterocycles.